The van der Waals surface area contributed by atoms with Gasteiger partial charge in [0.25, 0.3) is 0 Å². The molecule has 2 amide bonds. The highest BCUT2D eigenvalue weighted by Gasteiger charge is 2.33. The maximum atomic E-state index is 12.3. The molecule has 1 saturated heterocycles. The molecule has 2 fully saturated rings. The number of nitrogens with two attached hydrogens (primary N) is 1. The van der Waals surface area contributed by atoms with Gasteiger partial charge in [0.05, 0.1) is 12.6 Å². The molecule has 22 heavy (non-hydrogen) atoms. The van der Waals surface area contributed by atoms with Crippen molar-refractivity contribution in [1.29, 1.82) is 5.26 Å². The lowest BCUT2D eigenvalue weighted by molar-refractivity contribution is -0.125. The third-order valence-electron chi connectivity index (χ3n) is 4.91. The second kappa shape index (κ2) is 7.59. The van der Waals surface area contributed by atoms with Crippen molar-refractivity contribution in [1.82, 2.24) is 10.2 Å². The topological polar surface area (TPSA) is 99.2 Å². The second-order valence-corrected chi connectivity index (χ2v) is 6.61. The third kappa shape index (κ3) is 4.44. The highest BCUT2D eigenvalue weighted by Crippen LogP contribution is 2.26. The summed E-state index contributed by atoms with van der Waals surface area (Å²) in [6.45, 7) is 1.72. The average Bonchev–Trinajstić information content (AvgIpc) is 2.74. The number of primary amides is 1. The summed E-state index contributed by atoms with van der Waals surface area (Å²) in [5, 5.41) is 12.5. The van der Waals surface area contributed by atoms with Crippen LogP contribution in [0.1, 0.15) is 51.4 Å². The second-order valence-electron chi connectivity index (χ2n) is 6.61. The molecule has 0 radical (unpaired) electrons. The number of carbonyl (C=O) groups excluding carboxylic acids is 2. The Morgan fingerprint density at radius 3 is 2.27 bits per heavy atom. The lowest BCUT2D eigenvalue weighted by Crippen LogP contribution is -2.51. The molecule has 1 heterocycles. The van der Waals surface area contributed by atoms with Crippen molar-refractivity contribution in [2.75, 3.05) is 19.6 Å². The van der Waals surface area contributed by atoms with Gasteiger partial charge >= 0.3 is 0 Å². The fourth-order valence-electron chi connectivity index (χ4n) is 3.48. The van der Waals surface area contributed by atoms with Crippen molar-refractivity contribution < 1.29 is 9.59 Å². The molecule has 1 aliphatic carbocycles. The summed E-state index contributed by atoms with van der Waals surface area (Å²) >= 11 is 0. The smallest absolute Gasteiger partial charge is 0.235 e. The number of nitrogens with zero attached hydrogens (tertiary/aromatic N) is 2. The van der Waals surface area contributed by atoms with Crippen molar-refractivity contribution in [2.24, 2.45) is 11.7 Å². The van der Waals surface area contributed by atoms with Crippen LogP contribution in [0.2, 0.25) is 0 Å². The summed E-state index contributed by atoms with van der Waals surface area (Å²) in [5.74, 6) is -0.390. The minimum absolute atomic E-state index is 0.0633. The van der Waals surface area contributed by atoms with Gasteiger partial charge in [0, 0.05) is 5.92 Å². The van der Waals surface area contributed by atoms with Crippen LogP contribution in [0.4, 0.5) is 0 Å². The fraction of sp³-hybridized carbons (Fsp3) is 0.812. The van der Waals surface area contributed by atoms with Gasteiger partial charge in [-0.15, -0.1) is 0 Å². The molecule has 0 aromatic rings. The predicted molar refractivity (Wildman–Crippen MR) is 82.5 cm³/mol. The Balaban J connectivity index is 1.82. The number of nitriles is 1. The fourth-order valence-corrected chi connectivity index (χ4v) is 3.48. The quantitative estimate of drug-likeness (QED) is 0.754. The van der Waals surface area contributed by atoms with Crippen LogP contribution in [0, 0.1) is 17.2 Å². The minimum Gasteiger partial charge on any atom is -0.369 e. The van der Waals surface area contributed by atoms with Gasteiger partial charge in [-0.2, -0.15) is 5.26 Å². The van der Waals surface area contributed by atoms with Crippen LogP contribution in [-0.4, -0.2) is 41.9 Å². The summed E-state index contributed by atoms with van der Waals surface area (Å²) in [5.41, 5.74) is 4.63. The van der Waals surface area contributed by atoms with E-state index in [9.17, 15) is 14.9 Å². The van der Waals surface area contributed by atoms with E-state index in [4.69, 9.17) is 5.73 Å². The number of likely N-dealkylation sites (tertiary alicyclic amines) is 1. The van der Waals surface area contributed by atoms with Crippen LogP contribution in [0.15, 0.2) is 0 Å². The van der Waals surface area contributed by atoms with Crippen LogP contribution < -0.4 is 11.1 Å². The number of carbonyl (C=O) groups is 2. The third-order valence-corrected chi connectivity index (χ3v) is 4.91. The van der Waals surface area contributed by atoms with Crippen molar-refractivity contribution in [3.8, 4) is 6.07 Å². The molecule has 2 rings (SSSR count). The summed E-state index contributed by atoms with van der Waals surface area (Å²) in [6.07, 6.45) is 7.20. The van der Waals surface area contributed by atoms with E-state index < -0.39 is 5.54 Å². The molecule has 6 heteroatoms. The summed E-state index contributed by atoms with van der Waals surface area (Å²) < 4.78 is 0. The van der Waals surface area contributed by atoms with E-state index in [0.29, 0.717) is 32.5 Å². The normalized spacial score (nSPS) is 23.2. The van der Waals surface area contributed by atoms with E-state index in [-0.39, 0.29) is 17.7 Å². The van der Waals surface area contributed by atoms with Crippen molar-refractivity contribution in [3.63, 3.8) is 0 Å². The van der Waals surface area contributed by atoms with Crippen LogP contribution in [0.3, 0.4) is 0 Å². The zero-order chi connectivity index (χ0) is 16.0. The van der Waals surface area contributed by atoms with Gasteiger partial charge in [0.2, 0.25) is 11.8 Å². The molecular weight excluding hydrogens is 280 g/mol. The van der Waals surface area contributed by atoms with Gasteiger partial charge in [-0.05, 0) is 38.8 Å². The van der Waals surface area contributed by atoms with Crippen LogP contribution >= 0.6 is 0 Å². The molecule has 3 N–H and O–H groups in total. The molecule has 0 bridgehead atoms. The van der Waals surface area contributed by atoms with E-state index in [1.807, 2.05) is 4.90 Å². The van der Waals surface area contributed by atoms with Gasteiger partial charge in [-0.3, -0.25) is 14.5 Å². The van der Waals surface area contributed by atoms with Gasteiger partial charge in [-0.1, -0.05) is 25.7 Å². The highest BCUT2D eigenvalue weighted by atomic mass is 16.2. The van der Waals surface area contributed by atoms with Gasteiger partial charge in [0.15, 0.2) is 0 Å². The molecule has 0 unspecified atom stereocenters. The first-order valence-electron chi connectivity index (χ1n) is 8.29. The number of nitrogens with one attached hydrogen (secondary N) is 1. The van der Waals surface area contributed by atoms with E-state index >= 15 is 0 Å². The zero-order valence-corrected chi connectivity index (χ0v) is 13.1. The first-order chi connectivity index (χ1) is 10.5. The van der Waals surface area contributed by atoms with E-state index in [1.165, 1.54) is 0 Å². The Labute approximate surface area is 132 Å². The number of hydrogen-bond donors (Lipinski definition) is 2. The molecule has 0 spiro atoms. The average molecular weight is 306 g/mol. The first kappa shape index (κ1) is 16.8. The van der Waals surface area contributed by atoms with E-state index in [1.54, 1.807) is 0 Å². The first-order valence-corrected chi connectivity index (χ1v) is 8.29. The summed E-state index contributed by atoms with van der Waals surface area (Å²) in [4.78, 5) is 25.5. The largest absolute Gasteiger partial charge is 0.369 e. The Morgan fingerprint density at radius 1 is 1.18 bits per heavy atom. The van der Waals surface area contributed by atoms with Gasteiger partial charge in [0.1, 0.15) is 5.54 Å². The molecule has 2 aliphatic rings. The van der Waals surface area contributed by atoms with E-state index in [0.717, 1.165) is 38.5 Å². The maximum Gasteiger partial charge on any atom is 0.235 e. The Hall–Kier alpha value is -1.61. The summed E-state index contributed by atoms with van der Waals surface area (Å²) in [6, 6.07) is 2.34. The van der Waals surface area contributed by atoms with Crippen LogP contribution in [0.5, 0.6) is 0 Å². The molecule has 1 aliphatic heterocycles. The Bertz CT molecular complexity index is 442. The van der Waals surface area contributed by atoms with E-state index in [2.05, 4.69) is 11.4 Å². The van der Waals surface area contributed by atoms with Gasteiger partial charge < -0.3 is 11.1 Å². The number of piperidine rings is 1. The maximum absolute atomic E-state index is 12.3. The molecule has 6 nitrogen and oxygen atoms in total. The monoisotopic (exact) mass is 306 g/mol. The standard InChI is InChI=1S/C16H26N4O2/c17-12-16(7-3-1-2-4-8-16)19-14(21)11-20-9-5-13(6-10-20)15(18)22/h13H,1-11H2,(H2,18,22)(H,19,21). The van der Waals surface area contributed by atoms with Crippen LogP contribution in [-0.2, 0) is 9.59 Å². The van der Waals surface area contributed by atoms with Crippen molar-refractivity contribution in [3.05, 3.63) is 0 Å². The Morgan fingerprint density at radius 2 is 1.77 bits per heavy atom. The molecule has 0 aromatic heterocycles. The lowest BCUT2D eigenvalue weighted by Gasteiger charge is -2.32. The Kier molecular flexibility index (Phi) is 5.78. The molecular formula is C16H26N4O2. The minimum atomic E-state index is -0.681. The predicted octanol–water partition coefficient (Wildman–Crippen LogP) is 0.916. The number of rotatable bonds is 4. The SMILES string of the molecule is N#CC1(NC(=O)CN2CCC(C(N)=O)CC2)CCCCCC1. The van der Waals surface area contributed by atoms with Crippen molar-refractivity contribution in [2.45, 2.75) is 56.9 Å². The van der Waals surface area contributed by atoms with Gasteiger partial charge in [-0.25, -0.2) is 0 Å². The lowest BCUT2D eigenvalue weighted by atomic mass is 9.91. The summed E-state index contributed by atoms with van der Waals surface area (Å²) in [7, 11) is 0. The molecule has 1 saturated carbocycles. The van der Waals surface area contributed by atoms with Crippen LogP contribution in [0.25, 0.3) is 0 Å². The molecule has 122 valence electrons. The highest BCUT2D eigenvalue weighted by molar-refractivity contribution is 5.79. The number of amides is 2. The van der Waals surface area contributed by atoms with Crippen molar-refractivity contribution >= 4 is 11.8 Å². The molecule has 0 atom stereocenters. The molecule has 0 aromatic carbocycles. The zero-order valence-electron chi connectivity index (χ0n) is 13.1. The number of hydrogen-bond acceptors (Lipinski definition) is 4.